The Hall–Kier alpha value is -3.99. The lowest BCUT2D eigenvalue weighted by atomic mass is 9.97. The third kappa shape index (κ3) is 4.87. The van der Waals surface area contributed by atoms with E-state index >= 15 is 0 Å². The van der Waals surface area contributed by atoms with E-state index in [1.807, 2.05) is 0 Å². The van der Waals surface area contributed by atoms with Crippen LogP contribution in [0.4, 0.5) is 13.2 Å². The molecule has 4 aromatic rings. The van der Waals surface area contributed by atoms with E-state index in [1.54, 1.807) is 48.8 Å². The van der Waals surface area contributed by atoms with Gasteiger partial charge in [0.05, 0.1) is 28.6 Å². The van der Waals surface area contributed by atoms with Crippen LogP contribution in [0.15, 0.2) is 92.5 Å². The number of halogens is 3. The molecule has 7 nitrogen and oxygen atoms in total. The number of rotatable bonds is 5. The lowest BCUT2D eigenvalue weighted by Crippen LogP contribution is -2.28. The molecule has 11 heteroatoms. The first kappa shape index (κ1) is 23.7. The average Bonchev–Trinajstić information content (AvgIpc) is 3.32. The highest BCUT2D eigenvalue weighted by Crippen LogP contribution is 2.36. The first-order valence-corrected chi connectivity index (χ1v) is 11.8. The van der Waals surface area contributed by atoms with Crippen molar-refractivity contribution in [2.24, 2.45) is 5.10 Å². The van der Waals surface area contributed by atoms with Gasteiger partial charge in [0.2, 0.25) is 0 Å². The highest BCUT2D eigenvalue weighted by Gasteiger charge is 2.35. The third-order valence-electron chi connectivity index (χ3n) is 5.61. The van der Waals surface area contributed by atoms with Gasteiger partial charge in [0, 0.05) is 24.2 Å². The Balaban J connectivity index is 1.48. The van der Waals surface area contributed by atoms with Crippen LogP contribution < -0.4 is 5.63 Å². The molecule has 1 atom stereocenters. The smallest absolute Gasteiger partial charge is 0.416 e. The molecule has 1 amide bonds. The largest absolute Gasteiger partial charge is 0.422 e. The maximum Gasteiger partial charge on any atom is 0.416 e. The molecule has 0 spiro atoms. The molecule has 1 aliphatic rings. The third-order valence-corrected chi connectivity index (χ3v) is 6.47. The molecule has 2 aromatic heterocycles. The molecule has 0 aliphatic carbocycles. The van der Waals surface area contributed by atoms with Crippen molar-refractivity contribution in [1.29, 1.82) is 0 Å². The van der Waals surface area contributed by atoms with E-state index in [4.69, 9.17) is 4.42 Å². The monoisotopic (exact) mass is 510 g/mol. The maximum atomic E-state index is 13.2. The van der Waals surface area contributed by atoms with Crippen molar-refractivity contribution in [3.63, 3.8) is 0 Å². The van der Waals surface area contributed by atoms with Crippen LogP contribution in [0.2, 0.25) is 0 Å². The number of carbonyl (C=O) groups is 1. The van der Waals surface area contributed by atoms with Crippen LogP contribution in [0.3, 0.4) is 0 Å². The first-order valence-electron chi connectivity index (χ1n) is 10.8. The summed E-state index contributed by atoms with van der Waals surface area (Å²) in [5.41, 5.74) is -0.0264. The van der Waals surface area contributed by atoms with Crippen molar-refractivity contribution in [3.8, 4) is 0 Å². The summed E-state index contributed by atoms with van der Waals surface area (Å²) in [6.45, 7) is 0. The number of fused-ring (bicyclic) bond motifs is 1. The van der Waals surface area contributed by atoms with Crippen molar-refractivity contribution >= 4 is 34.3 Å². The molecule has 5 rings (SSSR count). The predicted octanol–water partition coefficient (Wildman–Crippen LogP) is 5.07. The van der Waals surface area contributed by atoms with E-state index in [1.165, 1.54) is 17.1 Å². The molecule has 2 aromatic carbocycles. The Morgan fingerprint density at radius 3 is 2.50 bits per heavy atom. The second kappa shape index (κ2) is 9.57. The fraction of sp³-hybridized carbons (Fsp3) is 0.160. The number of benzene rings is 2. The summed E-state index contributed by atoms with van der Waals surface area (Å²) >= 11 is 1.11. The quantitative estimate of drug-likeness (QED) is 0.212. The van der Waals surface area contributed by atoms with Gasteiger partial charge in [0.1, 0.15) is 5.58 Å². The molecule has 0 N–H and O–H groups in total. The van der Waals surface area contributed by atoms with Crippen molar-refractivity contribution in [3.05, 3.63) is 100 Å². The van der Waals surface area contributed by atoms with E-state index in [0.29, 0.717) is 27.4 Å². The number of carbonyl (C=O) groups excluding carboxylic acids is 1. The van der Waals surface area contributed by atoms with Crippen molar-refractivity contribution < 1.29 is 22.4 Å². The molecule has 0 fully saturated rings. The van der Waals surface area contributed by atoms with Crippen LogP contribution in [0.5, 0.6) is 0 Å². The number of hydrogen-bond acceptors (Lipinski definition) is 7. The minimum atomic E-state index is -4.48. The minimum Gasteiger partial charge on any atom is -0.422 e. The van der Waals surface area contributed by atoms with Gasteiger partial charge in [-0.25, -0.2) is 19.8 Å². The second-order valence-corrected chi connectivity index (χ2v) is 8.87. The molecule has 0 saturated carbocycles. The van der Waals surface area contributed by atoms with Crippen LogP contribution >= 0.6 is 11.8 Å². The summed E-state index contributed by atoms with van der Waals surface area (Å²) in [7, 11) is 0. The molecule has 0 radical (unpaired) electrons. The van der Waals surface area contributed by atoms with E-state index < -0.39 is 29.3 Å². The van der Waals surface area contributed by atoms with Crippen molar-refractivity contribution in [2.45, 2.75) is 23.8 Å². The molecule has 0 bridgehead atoms. The van der Waals surface area contributed by atoms with Crippen LogP contribution in [0, 0.1) is 0 Å². The van der Waals surface area contributed by atoms with Gasteiger partial charge in [-0.15, -0.1) is 0 Å². The second-order valence-electron chi connectivity index (χ2n) is 7.93. The number of alkyl halides is 3. The molecule has 0 unspecified atom stereocenters. The minimum absolute atomic E-state index is 0.0513. The number of para-hydroxylation sites is 1. The number of amides is 1. The van der Waals surface area contributed by atoms with Crippen molar-refractivity contribution in [2.75, 3.05) is 5.75 Å². The Labute approximate surface area is 206 Å². The fourth-order valence-corrected chi connectivity index (χ4v) is 4.53. The Morgan fingerprint density at radius 2 is 1.78 bits per heavy atom. The number of thioether (sulfide) groups is 1. The topological polar surface area (TPSA) is 88.7 Å². The highest BCUT2D eigenvalue weighted by molar-refractivity contribution is 7.99. The number of hydrogen-bond donors (Lipinski definition) is 0. The number of hydrazone groups is 1. The summed E-state index contributed by atoms with van der Waals surface area (Å²) < 4.78 is 44.6. The van der Waals surface area contributed by atoms with E-state index in [-0.39, 0.29) is 17.7 Å². The van der Waals surface area contributed by atoms with E-state index in [9.17, 15) is 22.8 Å². The summed E-state index contributed by atoms with van der Waals surface area (Å²) in [4.78, 5) is 34.0. The Morgan fingerprint density at radius 1 is 1.06 bits per heavy atom. The zero-order chi connectivity index (χ0) is 25.3. The molecule has 182 valence electrons. The number of aromatic nitrogens is 2. The standard InChI is InChI=1S/C25H17F3N4O3S/c26-25(27,28)17-8-6-15(7-9-17)20-13-19(18-12-16-4-1-2-5-21(16)35-23(18)34)31-32(20)22(33)14-36-24-29-10-3-11-30-24/h1-12,20H,13-14H2/t20-/m1/s1. The van der Waals surface area contributed by atoms with Gasteiger partial charge in [-0.2, -0.15) is 18.3 Å². The van der Waals surface area contributed by atoms with Gasteiger partial charge in [-0.1, -0.05) is 42.1 Å². The van der Waals surface area contributed by atoms with Gasteiger partial charge < -0.3 is 4.42 Å². The molecule has 3 heterocycles. The average molecular weight is 510 g/mol. The van der Waals surface area contributed by atoms with Crippen molar-refractivity contribution in [1.82, 2.24) is 15.0 Å². The van der Waals surface area contributed by atoms with Crippen LogP contribution in [-0.2, 0) is 11.0 Å². The maximum absolute atomic E-state index is 13.2. The summed E-state index contributed by atoms with van der Waals surface area (Å²) in [5.74, 6) is -0.456. The molecule has 0 saturated heterocycles. The first-order chi connectivity index (χ1) is 17.3. The van der Waals surface area contributed by atoms with Crippen LogP contribution in [-0.4, -0.2) is 32.3 Å². The summed E-state index contributed by atoms with van der Waals surface area (Å²) in [6.07, 6.45) is -1.25. The normalized spacial score (nSPS) is 15.8. The molecule has 1 aliphatic heterocycles. The Bertz CT molecular complexity index is 1510. The van der Waals surface area contributed by atoms with Gasteiger partial charge in [-0.3, -0.25) is 4.79 Å². The van der Waals surface area contributed by atoms with E-state index in [0.717, 1.165) is 23.9 Å². The molecular formula is C25H17F3N4O3S. The predicted molar refractivity (Wildman–Crippen MR) is 127 cm³/mol. The fourth-order valence-electron chi connectivity index (χ4n) is 3.87. The highest BCUT2D eigenvalue weighted by atomic mass is 32.2. The van der Waals surface area contributed by atoms with Crippen LogP contribution in [0.1, 0.15) is 29.2 Å². The zero-order valence-corrected chi connectivity index (χ0v) is 19.3. The zero-order valence-electron chi connectivity index (χ0n) is 18.5. The van der Waals surface area contributed by atoms with Gasteiger partial charge in [0.25, 0.3) is 5.91 Å². The lowest BCUT2D eigenvalue weighted by Gasteiger charge is -2.22. The number of nitrogens with zero attached hydrogens (tertiary/aromatic N) is 4. The molecule has 36 heavy (non-hydrogen) atoms. The van der Waals surface area contributed by atoms with Gasteiger partial charge >= 0.3 is 11.8 Å². The molecular weight excluding hydrogens is 493 g/mol. The summed E-state index contributed by atoms with van der Waals surface area (Å²) in [6, 6.07) is 14.2. The van der Waals surface area contributed by atoms with Gasteiger partial charge in [-0.05, 0) is 35.9 Å². The SMILES string of the molecule is O=C(CSc1ncccn1)N1N=C(c2cc3ccccc3oc2=O)C[C@@H]1c1ccc(C(F)(F)F)cc1. The Kier molecular flexibility index (Phi) is 6.31. The lowest BCUT2D eigenvalue weighted by molar-refractivity contribution is -0.137. The summed E-state index contributed by atoms with van der Waals surface area (Å²) in [5, 5.41) is 6.72. The van der Waals surface area contributed by atoms with Crippen LogP contribution in [0.25, 0.3) is 11.0 Å². The van der Waals surface area contributed by atoms with E-state index in [2.05, 4.69) is 15.1 Å². The van der Waals surface area contributed by atoms with Gasteiger partial charge in [0.15, 0.2) is 5.16 Å².